The van der Waals surface area contributed by atoms with Gasteiger partial charge in [0.25, 0.3) is 5.91 Å². The van der Waals surface area contributed by atoms with Gasteiger partial charge in [-0.05, 0) is 37.3 Å². The molecule has 9 heteroatoms. The first-order chi connectivity index (χ1) is 14.8. The molecule has 3 atom stereocenters. The number of carbonyl (C=O) groups is 2. The van der Waals surface area contributed by atoms with Crippen LogP contribution in [0.4, 0.5) is 8.78 Å². The summed E-state index contributed by atoms with van der Waals surface area (Å²) in [7, 11) is 0. The number of fused-ring (bicyclic) bond motifs is 5. The molecule has 162 valence electrons. The lowest BCUT2D eigenvalue weighted by Crippen LogP contribution is -2.60. The molecule has 2 fully saturated rings. The second-order valence-corrected chi connectivity index (χ2v) is 8.36. The zero-order valence-electron chi connectivity index (χ0n) is 16.8. The predicted octanol–water partition coefficient (Wildman–Crippen LogP) is 2.04. The van der Waals surface area contributed by atoms with Gasteiger partial charge in [0.1, 0.15) is 17.8 Å². The van der Waals surface area contributed by atoms with E-state index in [-0.39, 0.29) is 35.8 Å². The third kappa shape index (κ3) is 2.94. The van der Waals surface area contributed by atoms with Gasteiger partial charge in [0.05, 0.1) is 5.56 Å². The Kier molecular flexibility index (Phi) is 4.39. The Bertz CT molecular complexity index is 1180. The highest BCUT2D eigenvalue weighted by molar-refractivity contribution is 6.00. The molecule has 3 aliphatic rings. The van der Waals surface area contributed by atoms with Crippen LogP contribution < -0.4 is 10.4 Å². The summed E-state index contributed by atoms with van der Waals surface area (Å²) in [5.74, 6) is -2.44. The molecule has 0 bridgehead atoms. The topological polar surface area (TPSA) is 82.9 Å². The van der Waals surface area contributed by atoms with Crippen molar-refractivity contribution >= 4 is 11.7 Å². The lowest BCUT2D eigenvalue weighted by atomic mass is 10.0. The van der Waals surface area contributed by atoms with E-state index in [9.17, 15) is 28.3 Å². The van der Waals surface area contributed by atoms with Crippen LogP contribution in [0.25, 0.3) is 0 Å². The van der Waals surface area contributed by atoms with E-state index in [1.54, 1.807) is 4.90 Å². The first kappa shape index (κ1) is 19.7. The number of benzene rings is 1. The molecule has 1 amide bonds. The van der Waals surface area contributed by atoms with E-state index in [0.717, 1.165) is 18.6 Å². The van der Waals surface area contributed by atoms with Crippen LogP contribution in [-0.4, -0.2) is 45.6 Å². The van der Waals surface area contributed by atoms with Crippen LogP contribution in [0.5, 0.6) is 5.75 Å². The van der Waals surface area contributed by atoms with Crippen LogP contribution in [0.1, 0.15) is 46.2 Å². The van der Waals surface area contributed by atoms with Gasteiger partial charge in [-0.15, -0.1) is 0 Å². The minimum absolute atomic E-state index is 0.0219. The summed E-state index contributed by atoms with van der Waals surface area (Å²) in [4.78, 5) is 40.2. The summed E-state index contributed by atoms with van der Waals surface area (Å²) in [6.45, 7) is 2.96. The van der Waals surface area contributed by atoms with Crippen molar-refractivity contribution in [3.8, 4) is 5.75 Å². The number of piperidine rings is 1. The first-order valence-corrected chi connectivity index (χ1v) is 10.4. The van der Waals surface area contributed by atoms with E-state index in [1.807, 2.05) is 11.9 Å². The van der Waals surface area contributed by atoms with Gasteiger partial charge in [0, 0.05) is 37.7 Å². The van der Waals surface area contributed by atoms with Crippen molar-refractivity contribution in [1.29, 1.82) is 0 Å². The van der Waals surface area contributed by atoms with Crippen molar-refractivity contribution < 1.29 is 23.5 Å². The molecular weight excluding hydrogens is 408 g/mol. The summed E-state index contributed by atoms with van der Waals surface area (Å²) in [5.41, 5.74) is -1.14. The summed E-state index contributed by atoms with van der Waals surface area (Å²) in [6, 6.07) is 3.10. The Hall–Kier alpha value is -3.23. The zero-order chi connectivity index (χ0) is 22.0. The maximum atomic E-state index is 13.9. The van der Waals surface area contributed by atoms with Crippen molar-refractivity contribution in [2.24, 2.45) is 11.8 Å². The number of nitrogens with zero attached hydrogens (tertiary/aromatic N) is 3. The number of ketones is 1. The standard InChI is InChI=1S/C22H21F2N3O4/c1-2-25-21-14-7-12(14)9-27(21)26-10-15(19(29)20(30)18(26)22(25)31)17(28)6-4-11-3-5-13(23)8-16(11)24/h3,5,8,10,12,14,21,30H,2,4,6-7,9H2,1H3/t12-,14-,21-/m0/s1. The van der Waals surface area contributed by atoms with Crippen LogP contribution in [0.2, 0.25) is 0 Å². The molecule has 3 heterocycles. The second-order valence-electron chi connectivity index (χ2n) is 8.36. The summed E-state index contributed by atoms with van der Waals surface area (Å²) < 4.78 is 28.4. The third-order valence-corrected chi connectivity index (χ3v) is 6.59. The van der Waals surface area contributed by atoms with E-state index in [0.29, 0.717) is 24.9 Å². The molecule has 31 heavy (non-hydrogen) atoms. The normalized spacial score (nSPS) is 23.5. The van der Waals surface area contributed by atoms with Crippen molar-refractivity contribution in [3.05, 3.63) is 63.1 Å². The van der Waals surface area contributed by atoms with E-state index in [1.165, 1.54) is 16.9 Å². The van der Waals surface area contributed by atoms with Crippen molar-refractivity contribution in [2.75, 3.05) is 18.1 Å². The van der Waals surface area contributed by atoms with E-state index in [2.05, 4.69) is 0 Å². The fourth-order valence-corrected chi connectivity index (χ4v) is 4.91. The third-order valence-electron chi connectivity index (χ3n) is 6.59. The van der Waals surface area contributed by atoms with Gasteiger partial charge in [0.15, 0.2) is 17.2 Å². The van der Waals surface area contributed by atoms with Gasteiger partial charge in [-0.3, -0.25) is 24.1 Å². The molecule has 5 rings (SSSR count). The molecule has 1 aromatic heterocycles. The average Bonchev–Trinajstić information content (AvgIpc) is 3.41. The lowest BCUT2D eigenvalue weighted by molar-refractivity contribution is 0.0577. The predicted molar refractivity (Wildman–Crippen MR) is 107 cm³/mol. The van der Waals surface area contributed by atoms with E-state index in [4.69, 9.17) is 0 Å². The Morgan fingerprint density at radius 1 is 1.26 bits per heavy atom. The highest BCUT2D eigenvalue weighted by Crippen LogP contribution is 2.51. The van der Waals surface area contributed by atoms with Crippen LogP contribution in [0.15, 0.2) is 29.2 Å². The molecule has 0 radical (unpaired) electrons. The van der Waals surface area contributed by atoms with Gasteiger partial charge >= 0.3 is 0 Å². The van der Waals surface area contributed by atoms with Crippen LogP contribution in [-0.2, 0) is 6.42 Å². The number of carbonyl (C=O) groups excluding carboxylic acids is 2. The van der Waals surface area contributed by atoms with Gasteiger partial charge in [-0.1, -0.05) is 6.07 Å². The summed E-state index contributed by atoms with van der Waals surface area (Å²) in [6.07, 6.45) is 1.98. The second kappa shape index (κ2) is 6.90. The highest BCUT2D eigenvalue weighted by Gasteiger charge is 2.58. The Labute approximate surface area is 176 Å². The Morgan fingerprint density at radius 3 is 2.74 bits per heavy atom. The monoisotopic (exact) mass is 429 g/mol. The van der Waals surface area contributed by atoms with Crippen molar-refractivity contribution in [2.45, 2.75) is 32.4 Å². The maximum absolute atomic E-state index is 13.9. The van der Waals surface area contributed by atoms with Gasteiger partial charge < -0.3 is 10.0 Å². The van der Waals surface area contributed by atoms with E-state index < -0.39 is 34.5 Å². The van der Waals surface area contributed by atoms with Crippen LogP contribution in [0, 0.1) is 23.5 Å². The molecule has 1 aromatic carbocycles. The number of pyridine rings is 1. The number of aryl methyl sites for hydroxylation is 1. The van der Waals surface area contributed by atoms with Crippen molar-refractivity contribution in [3.63, 3.8) is 0 Å². The minimum atomic E-state index is -0.914. The molecule has 2 aliphatic heterocycles. The molecule has 1 aliphatic carbocycles. The molecule has 1 N–H and O–H groups in total. The number of aromatic hydroxyl groups is 1. The largest absolute Gasteiger partial charge is 0.502 e. The number of hydrogen-bond donors (Lipinski definition) is 1. The smallest absolute Gasteiger partial charge is 0.278 e. The molecule has 2 aromatic rings. The number of halogens is 2. The molecule has 1 saturated carbocycles. The SMILES string of the molecule is CCN1C(=O)c2c(O)c(=O)c(C(=O)CCc3ccc(F)cc3F)cn2N2C[C@@H]3C[C@@H]3[C@@H]12. The lowest BCUT2D eigenvalue weighted by Gasteiger charge is -2.44. The van der Waals surface area contributed by atoms with Gasteiger partial charge in [-0.2, -0.15) is 0 Å². The number of aromatic nitrogens is 1. The molecular formula is C22H21F2N3O4. The Balaban J connectivity index is 1.49. The molecule has 1 saturated heterocycles. The number of hydrogen-bond acceptors (Lipinski definition) is 5. The van der Waals surface area contributed by atoms with Gasteiger partial charge in [-0.25, -0.2) is 8.78 Å². The fourth-order valence-electron chi connectivity index (χ4n) is 4.91. The Morgan fingerprint density at radius 2 is 2.03 bits per heavy atom. The quantitative estimate of drug-likeness (QED) is 0.736. The maximum Gasteiger partial charge on any atom is 0.278 e. The minimum Gasteiger partial charge on any atom is -0.502 e. The average molecular weight is 429 g/mol. The van der Waals surface area contributed by atoms with Crippen molar-refractivity contribution in [1.82, 2.24) is 9.58 Å². The summed E-state index contributed by atoms with van der Waals surface area (Å²) >= 11 is 0. The molecule has 0 spiro atoms. The number of Topliss-reactive ketones (excluding diaryl/α,β-unsaturated/α-hetero) is 1. The zero-order valence-corrected chi connectivity index (χ0v) is 16.8. The van der Waals surface area contributed by atoms with E-state index >= 15 is 0 Å². The summed E-state index contributed by atoms with van der Waals surface area (Å²) in [5, 5.41) is 12.5. The van der Waals surface area contributed by atoms with Crippen LogP contribution in [0.3, 0.4) is 0 Å². The molecule has 7 nitrogen and oxygen atoms in total. The highest BCUT2D eigenvalue weighted by atomic mass is 19.1. The molecule has 0 unspecified atom stereocenters. The number of amides is 1. The number of rotatable bonds is 5. The van der Waals surface area contributed by atoms with Crippen LogP contribution >= 0.6 is 0 Å². The first-order valence-electron chi connectivity index (χ1n) is 10.4. The van der Waals surface area contributed by atoms with Gasteiger partial charge in [0.2, 0.25) is 5.43 Å². The fraction of sp³-hybridized carbons (Fsp3) is 0.409.